The first-order chi connectivity index (χ1) is 9.26. The minimum Gasteiger partial charge on any atom is -0.480 e. The second kappa shape index (κ2) is 7.03. The van der Waals surface area contributed by atoms with Gasteiger partial charge in [-0.3, -0.25) is 9.59 Å². The lowest BCUT2D eigenvalue weighted by atomic mass is 10.0. The molecule has 0 bridgehead atoms. The fourth-order valence-electron chi connectivity index (χ4n) is 2.38. The summed E-state index contributed by atoms with van der Waals surface area (Å²) in [6, 6.07) is -0.524. The lowest BCUT2D eigenvalue weighted by molar-refractivity contribution is -0.147. The fraction of sp³-hybridized carbons (Fsp3) is 0.833. The Morgan fingerprint density at radius 2 is 2.10 bits per heavy atom. The topological polar surface area (TPSA) is 118 Å². The lowest BCUT2D eigenvalue weighted by Crippen LogP contribution is -2.46. The summed E-state index contributed by atoms with van der Waals surface area (Å²) in [5.41, 5.74) is 5.39. The largest absolute Gasteiger partial charge is 0.480 e. The molecular weight excluding hydrogens is 284 g/mol. The SMILES string of the molecule is CC(CCCN)C(=O)N(CC(=O)O)C1CCS(=O)(=O)C1. The van der Waals surface area contributed by atoms with Crippen molar-refractivity contribution in [3.05, 3.63) is 0 Å². The zero-order valence-corrected chi connectivity index (χ0v) is 12.4. The molecule has 1 fully saturated rings. The van der Waals surface area contributed by atoms with Gasteiger partial charge in [0, 0.05) is 12.0 Å². The van der Waals surface area contributed by atoms with Crippen LogP contribution >= 0.6 is 0 Å². The van der Waals surface area contributed by atoms with Gasteiger partial charge >= 0.3 is 5.97 Å². The quantitative estimate of drug-likeness (QED) is 0.652. The Morgan fingerprint density at radius 3 is 2.55 bits per heavy atom. The van der Waals surface area contributed by atoms with Crippen molar-refractivity contribution in [1.82, 2.24) is 4.90 Å². The van der Waals surface area contributed by atoms with Gasteiger partial charge in [-0.1, -0.05) is 6.92 Å². The molecule has 1 heterocycles. The van der Waals surface area contributed by atoms with Crippen LogP contribution in [-0.2, 0) is 19.4 Å². The molecule has 7 nitrogen and oxygen atoms in total. The van der Waals surface area contributed by atoms with Crippen molar-refractivity contribution in [2.45, 2.75) is 32.2 Å². The highest BCUT2D eigenvalue weighted by molar-refractivity contribution is 7.91. The van der Waals surface area contributed by atoms with Crippen LogP contribution in [0.15, 0.2) is 0 Å². The Hall–Kier alpha value is -1.15. The standard InChI is InChI=1S/C12H22N2O5S/c1-9(3-2-5-13)12(17)14(7-11(15)16)10-4-6-20(18,19)8-10/h9-10H,2-8,13H2,1H3,(H,15,16). The molecule has 3 N–H and O–H groups in total. The molecule has 0 spiro atoms. The van der Waals surface area contributed by atoms with Crippen molar-refractivity contribution < 1.29 is 23.1 Å². The minimum absolute atomic E-state index is 0.0121. The van der Waals surface area contributed by atoms with Crippen molar-refractivity contribution in [3.8, 4) is 0 Å². The summed E-state index contributed by atoms with van der Waals surface area (Å²) in [6.45, 7) is 1.73. The number of nitrogens with two attached hydrogens (primary N) is 1. The maximum absolute atomic E-state index is 12.3. The summed E-state index contributed by atoms with van der Waals surface area (Å²) >= 11 is 0. The maximum atomic E-state index is 12.3. The summed E-state index contributed by atoms with van der Waals surface area (Å²) in [6.07, 6.45) is 1.56. The third kappa shape index (κ3) is 4.75. The summed E-state index contributed by atoms with van der Waals surface area (Å²) in [5.74, 6) is -1.91. The molecule has 0 saturated carbocycles. The zero-order chi connectivity index (χ0) is 15.3. The average molecular weight is 306 g/mol. The molecule has 0 aliphatic carbocycles. The Labute approximate surface area is 119 Å². The molecule has 1 amide bonds. The monoisotopic (exact) mass is 306 g/mol. The highest BCUT2D eigenvalue weighted by Crippen LogP contribution is 2.21. The van der Waals surface area contributed by atoms with E-state index in [4.69, 9.17) is 10.8 Å². The van der Waals surface area contributed by atoms with Crippen LogP contribution < -0.4 is 5.73 Å². The first-order valence-corrected chi connectivity index (χ1v) is 8.51. The Balaban J connectivity index is 2.78. The molecule has 1 saturated heterocycles. The average Bonchev–Trinajstić information content (AvgIpc) is 2.72. The van der Waals surface area contributed by atoms with Crippen LogP contribution in [0.5, 0.6) is 0 Å². The Kier molecular flexibility index (Phi) is 5.94. The van der Waals surface area contributed by atoms with E-state index in [1.165, 1.54) is 4.90 Å². The number of sulfone groups is 1. The van der Waals surface area contributed by atoms with E-state index < -0.39 is 28.4 Å². The summed E-state index contributed by atoms with van der Waals surface area (Å²) < 4.78 is 23.0. The van der Waals surface area contributed by atoms with E-state index in [-0.39, 0.29) is 23.3 Å². The van der Waals surface area contributed by atoms with Crippen molar-refractivity contribution in [2.75, 3.05) is 24.6 Å². The number of amides is 1. The molecule has 20 heavy (non-hydrogen) atoms. The van der Waals surface area contributed by atoms with E-state index in [0.717, 1.165) is 0 Å². The third-order valence-corrected chi connectivity index (χ3v) is 5.25. The fourth-order valence-corrected chi connectivity index (χ4v) is 4.12. The number of carbonyl (C=O) groups excluding carboxylic acids is 1. The van der Waals surface area contributed by atoms with Crippen LogP contribution in [0, 0.1) is 5.92 Å². The van der Waals surface area contributed by atoms with Crippen molar-refractivity contribution >= 4 is 21.7 Å². The molecule has 1 rings (SSSR count). The molecule has 0 aromatic carbocycles. The summed E-state index contributed by atoms with van der Waals surface area (Å²) in [4.78, 5) is 24.4. The van der Waals surface area contributed by atoms with Crippen molar-refractivity contribution in [2.24, 2.45) is 11.7 Å². The number of carboxylic acids is 1. The van der Waals surface area contributed by atoms with Gasteiger partial charge in [-0.25, -0.2) is 8.42 Å². The van der Waals surface area contributed by atoms with Gasteiger partial charge in [0.25, 0.3) is 0 Å². The summed E-state index contributed by atoms with van der Waals surface area (Å²) in [5, 5.41) is 8.92. The van der Waals surface area contributed by atoms with Gasteiger partial charge in [-0.05, 0) is 25.8 Å². The van der Waals surface area contributed by atoms with Gasteiger partial charge in [0.2, 0.25) is 5.91 Å². The van der Waals surface area contributed by atoms with Gasteiger partial charge < -0.3 is 15.7 Å². The molecule has 1 aliphatic rings. The predicted octanol–water partition coefficient (Wildman–Crippen LogP) is -0.538. The van der Waals surface area contributed by atoms with Crippen LogP contribution in [-0.4, -0.2) is 60.9 Å². The first-order valence-electron chi connectivity index (χ1n) is 6.69. The number of carbonyl (C=O) groups is 2. The van der Waals surface area contributed by atoms with Gasteiger partial charge in [0.05, 0.1) is 11.5 Å². The molecule has 116 valence electrons. The Bertz CT molecular complexity index is 462. The van der Waals surface area contributed by atoms with E-state index in [1.54, 1.807) is 6.92 Å². The van der Waals surface area contributed by atoms with Crippen LogP contribution in [0.2, 0.25) is 0 Å². The van der Waals surface area contributed by atoms with Crippen LogP contribution in [0.3, 0.4) is 0 Å². The van der Waals surface area contributed by atoms with Gasteiger partial charge in [0.1, 0.15) is 6.54 Å². The number of hydrogen-bond donors (Lipinski definition) is 2. The van der Waals surface area contributed by atoms with E-state index in [0.29, 0.717) is 25.8 Å². The van der Waals surface area contributed by atoms with Crippen molar-refractivity contribution in [1.29, 1.82) is 0 Å². The molecule has 1 aliphatic heterocycles. The van der Waals surface area contributed by atoms with Crippen LogP contribution in [0.1, 0.15) is 26.2 Å². The second-order valence-corrected chi connectivity index (χ2v) is 7.48. The van der Waals surface area contributed by atoms with Crippen LogP contribution in [0.25, 0.3) is 0 Å². The number of nitrogens with zero attached hydrogens (tertiary/aromatic N) is 1. The van der Waals surface area contributed by atoms with Gasteiger partial charge in [-0.2, -0.15) is 0 Å². The number of aliphatic carboxylic acids is 1. The normalized spacial score (nSPS) is 22.4. The lowest BCUT2D eigenvalue weighted by Gasteiger charge is -2.29. The molecule has 8 heteroatoms. The molecule has 0 radical (unpaired) electrons. The third-order valence-electron chi connectivity index (χ3n) is 3.50. The highest BCUT2D eigenvalue weighted by atomic mass is 32.2. The smallest absolute Gasteiger partial charge is 0.323 e. The van der Waals surface area contributed by atoms with Crippen molar-refractivity contribution in [3.63, 3.8) is 0 Å². The van der Waals surface area contributed by atoms with E-state index in [9.17, 15) is 18.0 Å². The van der Waals surface area contributed by atoms with E-state index >= 15 is 0 Å². The Morgan fingerprint density at radius 1 is 1.45 bits per heavy atom. The maximum Gasteiger partial charge on any atom is 0.323 e. The number of carboxylic acid groups (broad SMARTS) is 1. The van der Waals surface area contributed by atoms with Gasteiger partial charge in [-0.15, -0.1) is 0 Å². The molecule has 2 unspecified atom stereocenters. The number of hydrogen-bond acceptors (Lipinski definition) is 5. The minimum atomic E-state index is -3.16. The summed E-state index contributed by atoms with van der Waals surface area (Å²) in [7, 11) is -3.16. The van der Waals surface area contributed by atoms with Crippen LogP contribution in [0.4, 0.5) is 0 Å². The van der Waals surface area contributed by atoms with E-state index in [1.807, 2.05) is 0 Å². The molecule has 0 aromatic rings. The predicted molar refractivity (Wildman–Crippen MR) is 73.9 cm³/mol. The molecule has 2 atom stereocenters. The highest BCUT2D eigenvalue weighted by Gasteiger charge is 2.36. The molecule has 0 aromatic heterocycles. The first kappa shape index (κ1) is 16.9. The molecular formula is C12H22N2O5S. The van der Waals surface area contributed by atoms with E-state index in [2.05, 4.69) is 0 Å². The number of rotatable bonds is 7. The zero-order valence-electron chi connectivity index (χ0n) is 11.6. The second-order valence-electron chi connectivity index (χ2n) is 5.25. The van der Waals surface area contributed by atoms with Gasteiger partial charge in [0.15, 0.2) is 9.84 Å².